The van der Waals surface area contributed by atoms with Gasteiger partial charge in [-0.05, 0) is 89.5 Å². The molecule has 0 saturated heterocycles. The van der Waals surface area contributed by atoms with Gasteiger partial charge in [-0.15, -0.1) is 0 Å². The molecule has 0 saturated carbocycles. The zero-order valence-electron chi connectivity index (χ0n) is 39.0. The highest BCUT2D eigenvalue weighted by atomic mass is 31.1. The SMILES string of the molecule is CCOC(=O)c1c(C(=O)OCC)c(C)n(POc2cc(C(C)(C)C)cc3c2Oc2c(OPn4c(C)c(C(=O)OCC)c(C(=O)OCC)c4C)cc(C(C)(C)C)cc2C3(C)C)c1C. The Morgan fingerprint density at radius 2 is 0.806 bits per heavy atom. The number of fused-ring (bicyclic) bond motifs is 2. The highest BCUT2D eigenvalue weighted by molar-refractivity contribution is 7.31. The summed E-state index contributed by atoms with van der Waals surface area (Å²) < 4.78 is 45.6. The van der Waals surface area contributed by atoms with Crippen LogP contribution in [0.15, 0.2) is 24.3 Å². The number of nitrogens with zero attached hydrogens (tertiary/aromatic N) is 2. The van der Waals surface area contributed by atoms with Gasteiger partial charge in [0.25, 0.3) is 0 Å². The number of ether oxygens (including phenoxy) is 5. The zero-order valence-corrected chi connectivity index (χ0v) is 41.0. The van der Waals surface area contributed by atoms with Crippen molar-refractivity contribution >= 4 is 41.8 Å². The van der Waals surface area contributed by atoms with Crippen LogP contribution in [0.3, 0.4) is 0 Å². The van der Waals surface area contributed by atoms with Crippen molar-refractivity contribution in [3.8, 4) is 23.0 Å². The summed E-state index contributed by atoms with van der Waals surface area (Å²) in [5.41, 5.74) is 5.29. The van der Waals surface area contributed by atoms with E-state index in [2.05, 4.69) is 67.5 Å². The molecule has 0 radical (unpaired) electrons. The smallest absolute Gasteiger partial charge is 0.340 e. The van der Waals surface area contributed by atoms with E-state index in [4.69, 9.17) is 32.7 Å². The van der Waals surface area contributed by atoms with Crippen molar-refractivity contribution in [1.29, 1.82) is 0 Å². The van der Waals surface area contributed by atoms with Gasteiger partial charge in [0, 0.05) is 39.3 Å². The van der Waals surface area contributed by atoms with E-state index >= 15 is 0 Å². The van der Waals surface area contributed by atoms with Gasteiger partial charge in [-0.3, -0.25) is 8.68 Å². The van der Waals surface area contributed by atoms with Crippen LogP contribution in [0.25, 0.3) is 0 Å². The summed E-state index contributed by atoms with van der Waals surface area (Å²) in [7, 11) is -0.807. The Morgan fingerprint density at radius 3 is 1.05 bits per heavy atom. The van der Waals surface area contributed by atoms with E-state index in [0.29, 0.717) is 45.8 Å². The van der Waals surface area contributed by atoms with E-state index in [1.165, 1.54) is 0 Å². The minimum atomic E-state index is -0.630. The van der Waals surface area contributed by atoms with Gasteiger partial charge < -0.3 is 32.7 Å². The van der Waals surface area contributed by atoms with Crippen LogP contribution >= 0.6 is 17.9 Å². The first-order valence-electron chi connectivity index (χ1n) is 21.0. The van der Waals surface area contributed by atoms with Gasteiger partial charge in [0.15, 0.2) is 40.9 Å². The molecule has 62 heavy (non-hydrogen) atoms. The fourth-order valence-electron chi connectivity index (χ4n) is 7.56. The predicted octanol–water partition coefficient (Wildman–Crippen LogP) is 11.1. The zero-order chi connectivity index (χ0) is 46.2. The Bertz CT molecular complexity index is 2160. The normalized spacial score (nSPS) is 13.5. The largest absolute Gasteiger partial charge is 0.462 e. The maximum absolute atomic E-state index is 13.2. The Morgan fingerprint density at radius 1 is 0.532 bits per heavy atom. The number of benzene rings is 2. The maximum Gasteiger partial charge on any atom is 0.340 e. The van der Waals surface area contributed by atoms with Gasteiger partial charge in [-0.25, -0.2) is 19.2 Å². The second-order valence-corrected chi connectivity index (χ2v) is 19.4. The summed E-state index contributed by atoms with van der Waals surface area (Å²) in [5.74, 6) is -0.521. The third-order valence-electron chi connectivity index (χ3n) is 11.1. The lowest BCUT2D eigenvalue weighted by Gasteiger charge is -2.38. The number of carbonyl (C=O) groups is 4. The third kappa shape index (κ3) is 9.12. The predicted molar refractivity (Wildman–Crippen MR) is 243 cm³/mol. The molecular formula is C47H62N2O11P2. The van der Waals surface area contributed by atoms with E-state index in [-0.39, 0.29) is 59.5 Å². The van der Waals surface area contributed by atoms with Crippen molar-refractivity contribution in [2.45, 2.75) is 127 Å². The molecule has 1 aliphatic heterocycles. The summed E-state index contributed by atoms with van der Waals surface area (Å²) in [6.45, 7) is 31.6. The summed E-state index contributed by atoms with van der Waals surface area (Å²) in [4.78, 5) is 53.0. The molecule has 15 heteroatoms. The van der Waals surface area contributed by atoms with Gasteiger partial charge in [0.2, 0.25) is 0 Å². The van der Waals surface area contributed by atoms with Crippen molar-refractivity contribution in [2.24, 2.45) is 0 Å². The minimum Gasteiger partial charge on any atom is -0.462 e. The average molecular weight is 893 g/mol. The number of esters is 4. The van der Waals surface area contributed by atoms with Crippen LogP contribution in [0.1, 0.15) is 170 Å². The first-order chi connectivity index (χ1) is 29.0. The van der Waals surface area contributed by atoms with Crippen molar-refractivity contribution in [3.63, 3.8) is 0 Å². The second-order valence-electron chi connectivity index (χ2n) is 17.7. The average Bonchev–Trinajstić information content (AvgIpc) is 3.58. The Labute approximate surface area is 369 Å². The number of hydrogen-bond acceptors (Lipinski definition) is 11. The number of rotatable bonds is 14. The number of aromatic nitrogens is 2. The van der Waals surface area contributed by atoms with Gasteiger partial charge >= 0.3 is 23.9 Å². The fourth-order valence-corrected chi connectivity index (χ4v) is 9.24. The lowest BCUT2D eigenvalue weighted by molar-refractivity contribution is 0.0479. The van der Waals surface area contributed by atoms with E-state index in [0.717, 1.165) is 22.3 Å². The van der Waals surface area contributed by atoms with Crippen molar-refractivity contribution < 1.29 is 51.9 Å². The monoisotopic (exact) mass is 892 g/mol. The standard InChI is InChI=1S/C47H62N2O11P2/c1-17-54-41(50)35-25(5)48(26(6)36(35)42(51)55-18-2)61-59-33-23-29(45(9,10)11)21-31-39(33)58-40-32(47(31,15)16)22-30(46(12,13)14)24-34(40)60-62-49-27(7)37(43(52)56-19-3)38(28(49)8)44(53)57-20-4/h21-24,61-62H,17-20H2,1-16H3. The van der Waals surface area contributed by atoms with Gasteiger partial charge in [0.05, 0.1) is 48.7 Å². The van der Waals surface area contributed by atoms with E-state index in [9.17, 15) is 19.2 Å². The molecule has 5 rings (SSSR count). The summed E-state index contributed by atoms with van der Waals surface area (Å²) in [6.07, 6.45) is 0. The minimum absolute atomic E-state index is 0.140. The summed E-state index contributed by atoms with van der Waals surface area (Å²) in [5, 5.41) is 0. The molecule has 0 N–H and O–H groups in total. The quantitative estimate of drug-likeness (QED) is 0.0678. The molecule has 1 aliphatic rings. The molecule has 2 unspecified atom stereocenters. The lowest BCUT2D eigenvalue weighted by atomic mass is 9.72. The Kier molecular flexibility index (Phi) is 14.3. The first kappa shape index (κ1) is 48.2. The lowest BCUT2D eigenvalue weighted by Crippen LogP contribution is -2.27. The van der Waals surface area contributed by atoms with Gasteiger partial charge in [0.1, 0.15) is 0 Å². The molecule has 0 aliphatic carbocycles. The molecule has 0 bridgehead atoms. The van der Waals surface area contributed by atoms with Crippen molar-refractivity contribution in [3.05, 3.63) is 91.5 Å². The molecular weight excluding hydrogens is 830 g/mol. The maximum atomic E-state index is 13.2. The van der Waals surface area contributed by atoms with Crippen LogP contribution in [-0.2, 0) is 35.2 Å². The molecule has 336 valence electrons. The molecule has 0 fully saturated rings. The summed E-state index contributed by atoms with van der Waals surface area (Å²) in [6, 6.07) is 8.30. The molecule has 2 aromatic carbocycles. The van der Waals surface area contributed by atoms with Crippen LogP contribution < -0.4 is 13.8 Å². The summed E-state index contributed by atoms with van der Waals surface area (Å²) >= 11 is 0. The fraction of sp³-hybridized carbons (Fsp3) is 0.489. The molecule has 0 amide bonds. The van der Waals surface area contributed by atoms with Crippen LogP contribution in [0.2, 0.25) is 0 Å². The van der Waals surface area contributed by atoms with E-state index in [1.54, 1.807) is 64.1 Å². The van der Waals surface area contributed by atoms with Crippen LogP contribution in [0.4, 0.5) is 0 Å². The topological polar surface area (TPSA) is 143 Å². The van der Waals surface area contributed by atoms with E-state index < -0.39 is 47.2 Å². The van der Waals surface area contributed by atoms with E-state index in [1.807, 2.05) is 12.1 Å². The van der Waals surface area contributed by atoms with Gasteiger partial charge in [-0.1, -0.05) is 67.5 Å². The highest BCUT2D eigenvalue weighted by Crippen LogP contribution is 2.57. The molecule has 4 aromatic rings. The highest BCUT2D eigenvalue weighted by Gasteiger charge is 2.41. The molecule has 13 nitrogen and oxygen atoms in total. The second kappa shape index (κ2) is 18.5. The Balaban J connectivity index is 1.67. The van der Waals surface area contributed by atoms with Crippen LogP contribution in [0.5, 0.6) is 23.0 Å². The van der Waals surface area contributed by atoms with Gasteiger partial charge in [-0.2, -0.15) is 0 Å². The van der Waals surface area contributed by atoms with Crippen LogP contribution in [0, 0.1) is 27.7 Å². The Hall–Kier alpha value is -4.86. The van der Waals surface area contributed by atoms with Crippen LogP contribution in [-0.4, -0.2) is 59.0 Å². The van der Waals surface area contributed by atoms with Crippen molar-refractivity contribution in [2.75, 3.05) is 26.4 Å². The third-order valence-corrected chi connectivity index (χ3v) is 13.4. The molecule has 2 aromatic heterocycles. The van der Waals surface area contributed by atoms with Crippen molar-refractivity contribution in [1.82, 2.24) is 8.68 Å². The number of hydrogen-bond donors (Lipinski definition) is 0. The number of carbonyl (C=O) groups excluding carboxylic acids is 4. The molecule has 0 spiro atoms. The molecule has 2 atom stereocenters. The molecule has 3 heterocycles. The first-order valence-corrected chi connectivity index (χ1v) is 22.7.